The van der Waals surface area contributed by atoms with Crippen LogP contribution in [-0.4, -0.2) is 35.7 Å². The number of nitrogens with zero attached hydrogens (tertiary/aromatic N) is 2. The maximum absolute atomic E-state index is 12.1. The van der Waals surface area contributed by atoms with E-state index in [4.69, 9.17) is 0 Å². The second-order valence-corrected chi connectivity index (χ2v) is 8.27. The summed E-state index contributed by atoms with van der Waals surface area (Å²) < 4.78 is 2.08. The largest absolute Gasteiger partial charge is 0.373 e. The number of nitrogens with one attached hydrogen (secondary N) is 2. The van der Waals surface area contributed by atoms with Crippen LogP contribution in [0.15, 0.2) is 48.7 Å². The molecule has 0 saturated carbocycles. The van der Waals surface area contributed by atoms with Crippen molar-refractivity contribution in [1.82, 2.24) is 14.9 Å². The number of carbonyl (C=O) groups is 2. The fourth-order valence-electron chi connectivity index (χ4n) is 4.60. The van der Waals surface area contributed by atoms with Crippen molar-refractivity contribution in [1.29, 1.82) is 0 Å². The van der Waals surface area contributed by atoms with Crippen LogP contribution in [0.2, 0.25) is 0 Å². The first-order valence-electron chi connectivity index (χ1n) is 11.4. The zero-order chi connectivity index (χ0) is 23.4. The normalized spacial score (nSPS) is 12.9. The number of anilines is 1. The number of aldehydes is 1. The monoisotopic (exact) mass is 442 g/mol. The fraction of sp³-hybridized carbons (Fsp3) is 0.296. The van der Waals surface area contributed by atoms with Gasteiger partial charge in [-0.1, -0.05) is 12.1 Å². The summed E-state index contributed by atoms with van der Waals surface area (Å²) in [7, 11) is 3.83. The van der Waals surface area contributed by atoms with Gasteiger partial charge in [0.1, 0.15) is 12.1 Å². The molecule has 4 aromatic rings. The van der Waals surface area contributed by atoms with Crippen molar-refractivity contribution in [3.63, 3.8) is 0 Å². The number of hydrogen-bond acceptors (Lipinski definition) is 5. The van der Waals surface area contributed by atoms with Gasteiger partial charge in [-0.2, -0.15) is 0 Å². The number of Topliss-reactive ketones (excluding diaryl/α,β-unsaturated/α-hetero) is 1. The van der Waals surface area contributed by atoms with Gasteiger partial charge in [0.15, 0.2) is 5.78 Å². The van der Waals surface area contributed by atoms with E-state index in [0.29, 0.717) is 12.0 Å². The van der Waals surface area contributed by atoms with Gasteiger partial charge < -0.3 is 15.2 Å². The molecule has 6 nitrogen and oxygen atoms in total. The van der Waals surface area contributed by atoms with E-state index in [0.717, 1.165) is 60.2 Å². The SMILES string of the molecule is CCn1c2c(c3cc(C=O)ccc31)CCCC2=O.CNCc1ccc2cc(NC)ncc2c1. The highest BCUT2D eigenvalue weighted by molar-refractivity contribution is 6.04. The van der Waals surface area contributed by atoms with Crippen molar-refractivity contribution in [2.75, 3.05) is 19.4 Å². The van der Waals surface area contributed by atoms with Crippen molar-refractivity contribution < 1.29 is 9.59 Å². The molecule has 2 aromatic heterocycles. The number of hydrogen-bond donors (Lipinski definition) is 2. The Labute approximate surface area is 194 Å². The van der Waals surface area contributed by atoms with Gasteiger partial charge in [-0.15, -0.1) is 0 Å². The average molecular weight is 443 g/mol. The van der Waals surface area contributed by atoms with Crippen LogP contribution in [0.4, 0.5) is 5.82 Å². The number of aryl methyl sites for hydroxylation is 2. The van der Waals surface area contributed by atoms with E-state index >= 15 is 0 Å². The summed E-state index contributed by atoms with van der Waals surface area (Å²) in [6, 6.07) is 14.2. The summed E-state index contributed by atoms with van der Waals surface area (Å²) in [5.41, 5.74) is 5.03. The minimum absolute atomic E-state index is 0.238. The molecule has 0 saturated heterocycles. The molecule has 0 unspecified atom stereocenters. The number of carbonyl (C=O) groups excluding carboxylic acids is 2. The van der Waals surface area contributed by atoms with Gasteiger partial charge in [0.05, 0.1) is 5.69 Å². The Kier molecular flexibility index (Phi) is 6.84. The molecular formula is C27H30N4O2. The lowest BCUT2D eigenvalue weighted by Gasteiger charge is -2.13. The minimum Gasteiger partial charge on any atom is -0.373 e. The molecule has 0 radical (unpaired) electrons. The second kappa shape index (κ2) is 9.96. The van der Waals surface area contributed by atoms with E-state index in [1.807, 2.05) is 38.5 Å². The molecule has 0 bridgehead atoms. The molecule has 0 spiro atoms. The van der Waals surface area contributed by atoms with E-state index in [1.54, 1.807) is 0 Å². The highest BCUT2D eigenvalue weighted by Crippen LogP contribution is 2.32. The van der Waals surface area contributed by atoms with Gasteiger partial charge in [-0.25, -0.2) is 4.98 Å². The van der Waals surface area contributed by atoms with Crippen LogP contribution in [0.1, 0.15) is 51.7 Å². The summed E-state index contributed by atoms with van der Waals surface area (Å²) in [4.78, 5) is 27.3. The summed E-state index contributed by atoms with van der Waals surface area (Å²) in [6.45, 7) is 3.73. The second-order valence-electron chi connectivity index (χ2n) is 8.27. The predicted octanol–water partition coefficient (Wildman–Crippen LogP) is 4.99. The third kappa shape index (κ3) is 4.52. The topological polar surface area (TPSA) is 76.0 Å². The quantitative estimate of drug-likeness (QED) is 0.426. The van der Waals surface area contributed by atoms with Crippen molar-refractivity contribution in [3.8, 4) is 0 Å². The molecule has 1 aliphatic rings. The molecule has 0 fully saturated rings. The highest BCUT2D eigenvalue weighted by Gasteiger charge is 2.25. The lowest BCUT2D eigenvalue weighted by molar-refractivity contribution is 0.0963. The standard InChI is InChI=1S/C15H15NO2.C12H15N3/c1-2-16-13-7-6-10(9-17)8-12(13)11-4-3-5-14(18)15(11)16;1-13-7-9-3-4-10-6-12(14-2)15-8-11(10)5-9/h6-9H,2-5H2,1H3;3-6,8,13H,7H2,1-2H3,(H,14,15). The van der Waals surface area contributed by atoms with Crippen LogP contribution in [-0.2, 0) is 19.5 Å². The third-order valence-electron chi connectivity index (χ3n) is 6.16. The molecule has 2 heterocycles. The Balaban J connectivity index is 0.000000160. The molecule has 170 valence electrons. The smallest absolute Gasteiger partial charge is 0.179 e. The van der Waals surface area contributed by atoms with Crippen molar-refractivity contribution in [2.45, 2.75) is 39.3 Å². The number of fused-ring (bicyclic) bond motifs is 4. The van der Waals surface area contributed by atoms with E-state index < -0.39 is 0 Å². The van der Waals surface area contributed by atoms with Crippen LogP contribution in [0.25, 0.3) is 21.7 Å². The van der Waals surface area contributed by atoms with E-state index in [1.165, 1.54) is 16.3 Å². The Morgan fingerprint density at radius 1 is 1.06 bits per heavy atom. The number of aromatic nitrogens is 2. The highest BCUT2D eigenvalue weighted by atomic mass is 16.1. The van der Waals surface area contributed by atoms with Gasteiger partial charge in [-0.05, 0) is 73.7 Å². The molecule has 5 rings (SSSR count). The Hall–Kier alpha value is -3.51. The van der Waals surface area contributed by atoms with Crippen molar-refractivity contribution in [2.24, 2.45) is 0 Å². The molecule has 0 aliphatic heterocycles. The van der Waals surface area contributed by atoms with E-state index in [9.17, 15) is 9.59 Å². The fourth-order valence-corrected chi connectivity index (χ4v) is 4.60. The first-order chi connectivity index (χ1) is 16.1. The van der Waals surface area contributed by atoms with Crippen molar-refractivity contribution >= 4 is 39.6 Å². The molecule has 1 aliphatic carbocycles. The summed E-state index contributed by atoms with van der Waals surface area (Å²) in [5.74, 6) is 1.14. The van der Waals surface area contributed by atoms with Gasteiger partial charge in [0, 0.05) is 54.6 Å². The molecule has 0 amide bonds. The maximum atomic E-state index is 12.1. The molecule has 2 N–H and O–H groups in total. The van der Waals surface area contributed by atoms with E-state index in [-0.39, 0.29) is 5.78 Å². The van der Waals surface area contributed by atoms with Gasteiger partial charge in [-0.3, -0.25) is 9.59 Å². The zero-order valence-corrected chi connectivity index (χ0v) is 19.4. The summed E-state index contributed by atoms with van der Waals surface area (Å²) in [5, 5.41) is 9.65. The third-order valence-corrected chi connectivity index (χ3v) is 6.16. The van der Waals surface area contributed by atoms with Crippen LogP contribution >= 0.6 is 0 Å². The summed E-state index contributed by atoms with van der Waals surface area (Å²) >= 11 is 0. The number of rotatable bonds is 5. The zero-order valence-electron chi connectivity index (χ0n) is 19.4. The molecule has 33 heavy (non-hydrogen) atoms. The Morgan fingerprint density at radius 3 is 2.64 bits per heavy atom. The summed E-state index contributed by atoms with van der Waals surface area (Å²) in [6.07, 6.45) is 5.26. The molecule has 6 heteroatoms. The van der Waals surface area contributed by atoms with Crippen molar-refractivity contribution in [3.05, 3.63) is 71.0 Å². The first kappa shape index (κ1) is 22.7. The first-order valence-corrected chi connectivity index (χ1v) is 11.4. The lowest BCUT2D eigenvalue weighted by Crippen LogP contribution is -2.14. The van der Waals surface area contributed by atoms with Gasteiger partial charge >= 0.3 is 0 Å². The van der Waals surface area contributed by atoms with Crippen LogP contribution < -0.4 is 10.6 Å². The average Bonchev–Trinajstić information content (AvgIpc) is 3.18. The van der Waals surface area contributed by atoms with Crippen LogP contribution in [0, 0.1) is 0 Å². The Morgan fingerprint density at radius 2 is 1.91 bits per heavy atom. The molecule has 2 aromatic carbocycles. The maximum Gasteiger partial charge on any atom is 0.179 e. The van der Waals surface area contributed by atoms with E-state index in [2.05, 4.69) is 51.4 Å². The number of ketones is 1. The Bertz CT molecular complexity index is 1320. The molecular weight excluding hydrogens is 412 g/mol. The molecule has 0 atom stereocenters. The van der Waals surface area contributed by atoms with Gasteiger partial charge in [0.2, 0.25) is 0 Å². The van der Waals surface area contributed by atoms with Gasteiger partial charge in [0.25, 0.3) is 0 Å². The van der Waals surface area contributed by atoms with Crippen LogP contribution in [0.3, 0.4) is 0 Å². The number of benzene rings is 2. The number of pyridine rings is 1. The minimum atomic E-state index is 0.238. The van der Waals surface area contributed by atoms with Crippen LogP contribution in [0.5, 0.6) is 0 Å². The predicted molar refractivity (Wildman–Crippen MR) is 134 cm³/mol. The lowest BCUT2D eigenvalue weighted by atomic mass is 9.94.